The monoisotopic (exact) mass is 275 g/mol. The highest BCUT2D eigenvalue weighted by Crippen LogP contribution is 2.32. The molecular formula is C15H17NO2S. The number of aryl methyl sites for hydroxylation is 2. The minimum Gasteiger partial charge on any atom is -0.486 e. The van der Waals surface area contributed by atoms with E-state index in [0.29, 0.717) is 6.61 Å². The predicted octanol–water partition coefficient (Wildman–Crippen LogP) is 3.40. The quantitative estimate of drug-likeness (QED) is 0.933. The van der Waals surface area contributed by atoms with E-state index in [2.05, 4.69) is 11.1 Å². The third-order valence-corrected chi connectivity index (χ3v) is 4.37. The first kappa shape index (κ1) is 12.6. The van der Waals surface area contributed by atoms with Gasteiger partial charge < -0.3 is 9.84 Å². The Morgan fingerprint density at radius 3 is 3.16 bits per heavy atom. The van der Waals surface area contributed by atoms with Crippen molar-refractivity contribution in [1.82, 2.24) is 4.98 Å². The fraction of sp³-hybridized carbons (Fsp3) is 0.400. The summed E-state index contributed by atoms with van der Waals surface area (Å²) in [6.45, 7) is 2.47. The van der Waals surface area contributed by atoms with E-state index in [1.54, 1.807) is 11.3 Å². The molecule has 1 aromatic carbocycles. The van der Waals surface area contributed by atoms with Crippen molar-refractivity contribution >= 4 is 11.3 Å². The van der Waals surface area contributed by atoms with Crippen LogP contribution in [0, 0.1) is 6.92 Å². The molecule has 100 valence electrons. The molecule has 0 amide bonds. The Bertz CT molecular complexity index is 579. The van der Waals surface area contributed by atoms with Crippen molar-refractivity contribution in [2.45, 2.75) is 38.9 Å². The molecule has 0 aliphatic heterocycles. The lowest BCUT2D eigenvalue weighted by Gasteiger charge is -2.21. The van der Waals surface area contributed by atoms with Crippen LogP contribution in [-0.2, 0) is 13.0 Å². The van der Waals surface area contributed by atoms with Crippen molar-refractivity contribution in [2.75, 3.05) is 0 Å². The van der Waals surface area contributed by atoms with Gasteiger partial charge in [0, 0.05) is 11.1 Å². The van der Waals surface area contributed by atoms with Crippen molar-refractivity contribution in [3.63, 3.8) is 0 Å². The number of rotatable bonds is 3. The van der Waals surface area contributed by atoms with Crippen molar-refractivity contribution in [2.24, 2.45) is 0 Å². The van der Waals surface area contributed by atoms with Gasteiger partial charge in [-0.05, 0) is 49.4 Å². The molecule has 1 atom stereocenters. The number of ether oxygens (including phenoxy) is 1. The Morgan fingerprint density at radius 2 is 2.37 bits per heavy atom. The average Bonchev–Trinajstić information content (AvgIpc) is 2.83. The summed E-state index contributed by atoms with van der Waals surface area (Å²) in [5, 5.41) is 13.0. The Morgan fingerprint density at radius 1 is 1.47 bits per heavy atom. The van der Waals surface area contributed by atoms with Gasteiger partial charge in [0.25, 0.3) is 0 Å². The minimum atomic E-state index is -0.339. The number of thiazole rings is 1. The highest BCUT2D eigenvalue weighted by molar-refractivity contribution is 7.09. The zero-order valence-corrected chi connectivity index (χ0v) is 11.7. The SMILES string of the molecule is Cc1csc(COc2ccc3c(c2)[C@@H](O)CCC3)n1. The van der Waals surface area contributed by atoms with Crippen molar-refractivity contribution < 1.29 is 9.84 Å². The smallest absolute Gasteiger partial charge is 0.140 e. The van der Waals surface area contributed by atoms with Crippen molar-refractivity contribution in [3.05, 3.63) is 45.4 Å². The number of hydrogen-bond acceptors (Lipinski definition) is 4. The summed E-state index contributed by atoms with van der Waals surface area (Å²) in [5.41, 5.74) is 3.31. The maximum Gasteiger partial charge on any atom is 0.140 e. The molecule has 0 saturated carbocycles. The van der Waals surface area contributed by atoms with Gasteiger partial charge in [0.15, 0.2) is 0 Å². The molecule has 2 aromatic rings. The summed E-state index contributed by atoms with van der Waals surface area (Å²) in [6.07, 6.45) is 2.63. The Balaban J connectivity index is 1.73. The first-order valence-electron chi connectivity index (χ1n) is 6.57. The Hall–Kier alpha value is -1.39. The molecule has 19 heavy (non-hydrogen) atoms. The lowest BCUT2D eigenvalue weighted by atomic mass is 9.89. The number of aromatic nitrogens is 1. The number of aliphatic hydroxyl groups is 1. The number of fused-ring (bicyclic) bond motifs is 1. The van der Waals surface area contributed by atoms with E-state index in [1.165, 1.54) is 5.56 Å². The molecule has 3 nitrogen and oxygen atoms in total. The van der Waals surface area contributed by atoms with Gasteiger partial charge in [-0.15, -0.1) is 11.3 Å². The first-order valence-corrected chi connectivity index (χ1v) is 7.45. The zero-order chi connectivity index (χ0) is 13.2. The molecule has 1 aliphatic carbocycles. The molecule has 0 spiro atoms. The van der Waals surface area contributed by atoms with Crippen LogP contribution in [0.5, 0.6) is 5.75 Å². The summed E-state index contributed by atoms with van der Waals surface area (Å²) in [6, 6.07) is 6.02. The average molecular weight is 275 g/mol. The second-order valence-electron chi connectivity index (χ2n) is 4.94. The van der Waals surface area contributed by atoms with E-state index < -0.39 is 0 Å². The van der Waals surface area contributed by atoms with Gasteiger partial charge in [-0.1, -0.05) is 6.07 Å². The fourth-order valence-electron chi connectivity index (χ4n) is 2.46. The third kappa shape index (κ3) is 2.80. The summed E-state index contributed by atoms with van der Waals surface area (Å²) >= 11 is 1.61. The second-order valence-corrected chi connectivity index (χ2v) is 5.88. The molecule has 0 saturated heterocycles. The molecule has 0 fully saturated rings. The fourth-order valence-corrected chi connectivity index (χ4v) is 3.14. The molecule has 0 bridgehead atoms. The number of benzene rings is 1. The van der Waals surface area contributed by atoms with E-state index in [-0.39, 0.29) is 6.10 Å². The van der Waals surface area contributed by atoms with E-state index in [0.717, 1.165) is 41.3 Å². The third-order valence-electron chi connectivity index (χ3n) is 3.43. The van der Waals surface area contributed by atoms with Gasteiger partial charge in [0.1, 0.15) is 17.4 Å². The van der Waals surface area contributed by atoms with E-state index in [9.17, 15) is 5.11 Å². The minimum absolute atomic E-state index is 0.339. The summed E-state index contributed by atoms with van der Waals surface area (Å²) < 4.78 is 5.76. The lowest BCUT2D eigenvalue weighted by molar-refractivity contribution is 0.156. The van der Waals surface area contributed by atoms with Crippen LogP contribution in [0.3, 0.4) is 0 Å². The van der Waals surface area contributed by atoms with Crippen LogP contribution in [-0.4, -0.2) is 10.1 Å². The van der Waals surface area contributed by atoms with E-state index >= 15 is 0 Å². The van der Waals surface area contributed by atoms with E-state index in [4.69, 9.17) is 4.74 Å². The van der Waals surface area contributed by atoms with Gasteiger partial charge in [-0.2, -0.15) is 0 Å². The normalized spacial score (nSPS) is 18.1. The molecule has 3 rings (SSSR count). The largest absolute Gasteiger partial charge is 0.486 e. The van der Waals surface area contributed by atoms with Crippen LogP contribution in [0.1, 0.15) is 40.8 Å². The second kappa shape index (κ2) is 5.31. The van der Waals surface area contributed by atoms with Gasteiger partial charge in [0.05, 0.1) is 6.10 Å². The van der Waals surface area contributed by atoms with Gasteiger partial charge in [-0.3, -0.25) is 0 Å². The molecular weight excluding hydrogens is 258 g/mol. The highest BCUT2D eigenvalue weighted by Gasteiger charge is 2.18. The molecule has 0 radical (unpaired) electrons. The van der Waals surface area contributed by atoms with E-state index in [1.807, 2.05) is 24.4 Å². The summed E-state index contributed by atoms with van der Waals surface area (Å²) in [5.74, 6) is 0.813. The standard InChI is InChI=1S/C15H17NO2S/c1-10-9-19-15(16-10)8-18-12-6-5-11-3-2-4-14(17)13(11)7-12/h5-7,9,14,17H,2-4,8H2,1H3/t14-/m0/s1. The molecule has 1 heterocycles. The first-order chi connectivity index (χ1) is 9.22. The predicted molar refractivity (Wildman–Crippen MR) is 75.5 cm³/mol. The maximum absolute atomic E-state index is 10.0. The summed E-state index contributed by atoms with van der Waals surface area (Å²) in [7, 11) is 0. The molecule has 1 aliphatic rings. The zero-order valence-electron chi connectivity index (χ0n) is 10.9. The topological polar surface area (TPSA) is 42.4 Å². The van der Waals surface area contributed by atoms with Crippen LogP contribution in [0.25, 0.3) is 0 Å². The van der Waals surface area contributed by atoms with Crippen LogP contribution in [0.4, 0.5) is 0 Å². The number of aliphatic hydroxyl groups excluding tert-OH is 1. The van der Waals surface area contributed by atoms with Crippen LogP contribution < -0.4 is 4.74 Å². The van der Waals surface area contributed by atoms with Gasteiger partial charge in [0.2, 0.25) is 0 Å². The summed E-state index contributed by atoms with van der Waals surface area (Å²) in [4.78, 5) is 4.37. The highest BCUT2D eigenvalue weighted by atomic mass is 32.1. The van der Waals surface area contributed by atoms with Crippen LogP contribution >= 0.6 is 11.3 Å². The lowest BCUT2D eigenvalue weighted by Crippen LogP contribution is -2.09. The Labute approximate surface area is 116 Å². The van der Waals surface area contributed by atoms with Gasteiger partial charge in [-0.25, -0.2) is 4.98 Å². The van der Waals surface area contributed by atoms with Crippen molar-refractivity contribution in [3.8, 4) is 5.75 Å². The van der Waals surface area contributed by atoms with Crippen molar-refractivity contribution in [1.29, 1.82) is 0 Å². The molecule has 1 N–H and O–H groups in total. The Kier molecular flexibility index (Phi) is 3.53. The van der Waals surface area contributed by atoms with Crippen LogP contribution in [0.2, 0.25) is 0 Å². The maximum atomic E-state index is 10.0. The molecule has 4 heteroatoms. The molecule has 1 aromatic heterocycles. The number of nitrogens with zero attached hydrogens (tertiary/aromatic N) is 1. The molecule has 0 unspecified atom stereocenters. The van der Waals surface area contributed by atoms with Gasteiger partial charge >= 0.3 is 0 Å². The van der Waals surface area contributed by atoms with Crippen LogP contribution in [0.15, 0.2) is 23.6 Å². The number of hydrogen-bond donors (Lipinski definition) is 1.